The Morgan fingerprint density at radius 3 is 2.80 bits per heavy atom. The highest BCUT2D eigenvalue weighted by Gasteiger charge is 2.20. The van der Waals surface area contributed by atoms with Crippen molar-refractivity contribution in [2.75, 3.05) is 0 Å². The Bertz CT molecular complexity index is 611. The zero-order chi connectivity index (χ0) is 14.7. The number of halogens is 4. The maximum Gasteiger partial charge on any atom is 0.296 e. The SMILES string of the molecule is O=C(Cc1nc(Cc2c(F)cccc2Cl)no1)C(F)F. The van der Waals surface area contributed by atoms with Gasteiger partial charge in [-0.15, -0.1) is 0 Å². The van der Waals surface area contributed by atoms with Crippen LogP contribution in [-0.2, 0) is 17.6 Å². The Morgan fingerprint density at radius 1 is 1.40 bits per heavy atom. The highest BCUT2D eigenvalue weighted by atomic mass is 35.5. The molecule has 0 fully saturated rings. The van der Waals surface area contributed by atoms with Crippen molar-refractivity contribution in [1.29, 1.82) is 0 Å². The molecule has 0 N–H and O–H groups in total. The van der Waals surface area contributed by atoms with Gasteiger partial charge in [-0.3, -0.25) is 4.79 Å². The molecule has 1 aromatic heterocycles. The molecule has 0 aliphatic rings. The summed E-state index contributed by atoms with van der Waals surface area (Å²) in [6, 6.07) is 4.17. The minimum Gasteiger partial charge on any atom is -0.339 e. The fourth-order valence-corrected chi connectivity index (χ4v) is 1.75. The van der Waals surface area contributed by atoms with E-state index in [1.54, 1.807) is 0 Å². The van der Waals surface area contributed by atoms with Crippen molar-refractivity contribution in [3.05, 3.63) is 46.3 Å². The molecule has 106 valence electrons. The van der Waals surface area contributed by atoms with Crippen LogP contribution < -0.4 is 0 Å². The van der Waals surface area contributed by atoms with Crippen LogP contribution in [0.2, 0.25) is 5.02 Å². The van der Waals surface area contributed by atoms with E-state index in [1.807, 2.05) is 0 Å². The van der Waals surface area contributed by atoms with Crippen molar-refractivity contribution >= 4 is 17.4 Å². The Morgan fingerprint density at radius 2 is 2.15 bits per heavy atom. The first kappa shape index (κ1) is 14.5. The van der Waals surface area contributed by atoms with Crippen molar-refractivity contribution in [2.24, 2.45) is 0 Å². The summed E-state index contributed by atoms with van der Waals surface area (Å²) in [5.41, 5.74) is 0.168. The highest BCUT2D eigenvalue weighted by Crippen LogP contribution is 2.21. The number of nitrogens with zero attached hydrogens (tertiary/aromatic N) is 2. The van der Waals surface area contributed by atoms with E-state index in [0.717, 1.165) is 0 Å². The van der Waals surface area contributed by atoms with Crippen molar-refractivity contribution in [1.82, 2.24) is 10.1 Å². The van der Waals surface area contributed by atoms with Gasteiger partial charge in [-0.05, 0) is 12.1 Å². The number of carbonyl (C=O) groups is 1. The van der Waals surface area contributed by atoms with Gasteiger partial charge >= 0.3 is 0 Å². The Balaban J connectivity index is 2.12. The fourth-order valence-electron chi connectivity index (χ4n) is 1.52. The molecule has 1 heterocycles. The van der Waals surface area contributed by atoms with Gasteiger partial charge in [-0.2, -0.15) is 4.98 Å². The highest BCUT2D eigenvalue weighted by molar-refractivity contribution is 6.31. The Kier molecular flexibility index (Phi) is 4.39. The van der Waals surface area contributed by atoms with E-state index in [9.17, 15) is 18.0 Å². The van der Waals surface area contributed by atoms with Crippen LogP contribution in [0.1, 0.15) is 17.3 Å². The molecule has 0 saturated carbocycles. The summed E-state index contributed by atoms with van der Waals surface area (Å²) in [6.45, 7) is 0. The van der Waals surface area contributed by atoms with Crippen LogP contribution in [0.3, 0.4) is 0 Å². The second-order valence-electron chi connectivity index (χ2n) is 3.93. The Labute approximate surface area is 116 Å². The van der Waals surface area contributed by atoms with Crippen LogP contribution in [0, 0.1) is 5.82 Å². The standard InChI is InChI=1S/C12H8ClF3N2O2/c13-7-2-1-3-8(14)6(7)4-10-17-11(20-18-10)5-9(19)12(15)16/h1-3,12H,4-5H2. The van der Waals surface area contributed by atoms with Crippen LogP contribution >= 0.6 is 11.6 Å². The van der Waals surface area contributed by atoms with Gasteiger partial charge in [0.05, 0.1) is 6.42 Å². The van der Waals surface area contributed by atoms with Crippen LogP contribution in [-0.4, -0.2) is 22.3 Å². The number of benzene rings is 1. The molecule has 1 aromatic carbocycles. The number of rotatable bonds is 5. The summed E-state index contributed by atoms with van der Waals surface area (Å²) in [5, 5.41) is 3.69. The molecule has 2 aromatic rings. The van der Waals surface area contributed by atoms with Gasteiger partial charge in [0, 0.05) is 17.0 Å². The van der Waals surface area contributed by atoms with E-state index < -0.39 is 24.4 Å². The maximum absolute atomic E-state index is 13.5. The van der Waals surface area contributed by atoms with Crippen LogP contribution in [0.25, 0.3) is 0 Å². The van der Waals surface area contributed by atoms with Crippen molar-refractivity contribution in [3.8, 4) is 0 Å². The summed E-state index contributed by atoms with van der Waals surface area (Å²) in [5.74, 6) is -2.02. The lowest BCUT2D eigenvalue weighted by Gasteiger charge is -2.01. The van der Waals surface area contributed by atoms with E-state index in [-0.39, 0.29) is 28.7 Å². The second-order valence-corrected chi connectivity index (χ2v) is 4.33. The number of Topliss-reactive ketones (excluding diaryl/α,β-unsaturated/α-hetero) is 1. The average Bonchev–Trinajstić information content (AvgIpc) is 2.81. The van der Waals surface area contributed by atoms with Gasteiger partial charge in [-0.25, -0.2) is 13.2 Å². The number of carbonyl (C=O) groups excluding carboxylic acids is 1. The third kappa shape index (κ3) is 3.36. The molecule has 0 aliphatic carbocycles. The zero-order valence-corrected chi connectivity index (χ0v) is 10.7. The van der Waals surface area contributed by atoms with Gasteiger partial charge in [0.25, 0.3) is 6.43 Å². The largest absolute Gasteiger partial charge is 0.339 e. The molecule has 0 radical (unpaired) electrons. The first-order valence-electron chi connectivity index (χ1n) is 5.52. The van der Waals surface area contributed by atoms with E-state index in [0.29, 0.717) is 0 Å². The quantitative estimate of drug-likeness (QED) is 0.852. The molecule has 4 nitrogen and oxygen atoms in total. The summed E-state index contributed by atoms with van der Waals surface area (Å²) in [7, 11) is 0. The minimum absolute atomic E-state index is 0.0577. The molecule has 20 heavy (non-hydrogen) atoms. The van der Waals surface area contributed by atoms with Crippen molar-refractivity contribution < 1.29 is 22.5 Å². The second kappa shape index (κ2) is 6.04. The molecule has 0 amide bonds. The number of ketones is 1. The zero-order valence-electron chi connectivity index (χ0n) is 9.95. The third-order valence-corrected chi connectivity index (χ3v) is 2.83. The first-order valence-corrected chi connectivity index (χ1v) is 5.90. The van der Waals surface area contributed by atoms with E-state index >= 15 is 0 Å². The molecule has 0 spiro atoms. The summed E-state index contributed by atoms with van der Waals surface area (Å²) < 4.78 is 42.3. The summed E-state index contributed by atoms with van der Waals surface area (Å²) in [4.78, 5) is 14.6. The van der Waals surface area contributed by atoms with Gasteiger partial charge < -0.3 is 4.52 Å². The normalized spacial score (nSPS) is 11.1. The molecule has 2 rings (SSSR count). The van der Waals surface area contributed by atoms with E-state index in [1.165, 1.54) is 18.2 Å². The van der Waals surface area contributed by atoms with E-state index in [4.69, 9.17) is 11.6 Å². The fraction of sp³-hybridized carbons (Fsp3) is 0.250. The lowest BCUT2D eigenvalue weighted by Crippen LogP contribution is -2.13. The lowest BCUT2D eigenvalue weighted by molar-refractivity contribution is -0.129. The van der Waals surface area contributed by atoms with Gasteiger partial charge in [0.2, 0.25) is 11.7 Å². The predicted octanol–water partition coefficient (Wildman–Crippen LogP) is 2.83. The molecule has 0 bridgehead atoms. The monoisotopic (exact) mass is 304 g/mol. The molecule has 8 heteroatoms. The van der Waals surface area contributed by atoms with Gasteiger partial charge in [0.15, 0.2) is 5.82 Å². The number of hydrogen-bond donors (Lipinski definition) is 0. The number of aromatic nitrogens is 2. The smallest absolute Gasteiger partial charge is 0.296 e. The Hall–Kier alpha value is -1.89. The van der Waals surface area contributed by atoms with Crippen LogP contribution in [0.15, 0.2) is 22.7 Å². The third-order valence-electron chi connectivity index (χ3n) is 2.48. The average molecular weight is 305 g/mol. The number of hydrogen-bond acceptors (Lipinski definition) is 4. The molecule has 0 unspecified atom stereocenters. The molecular formula is C12H8ClF3N2O2. The first-order chi connectivity index (χ1) is 9.47. The van der Waals surface area contributed by atoms with Crippen molar-refractivity contribution in [2.45, 2.75) is 19.3 Å². The maximum atomic E-state index is 13.5. The van der Waals surface area contributed by atoms with Crippen LogP contribution in [0.5, 0.6) is 0 Å². The van der Waals surface area contributed by atoms with Gasteiger partial charge in [0.1, 0.15) is 5.82 Å². The minimum atomic E-state index is -3.09. The topological polar surface area (TPSA) is 56.0 Å². The molecular weight excluding hydrogens is 297 g/mol. The predicted molar refractivity (Wildman–Crippen MR) is 63.2 cm³/mol. The number of alkyl halides is 2. The molecule has 0 aliphatic heterocycles. The lowest BCUT2D eigenvalue weighted by atomic mass is 10.1. The van der Waals surface area contributed by atoms with E-state index in [2.05, 4.69) is 14.7 Å². The molecule has 0 atom stereocenters. The molecule has 0 saturated heterocycles. The summed E-state index contributed by atoms with van der Waals surface area (Å²) in [6.07, 6.45) is -3.81. The van der Waals surface area contributed by atoms with Crippen LogP contribution in [0.4, 0.5) is 13.2 Å². The van der Waals surface area contributed by atoms with Crippen molar-refractivity contribution in [3.63, 3.8) is 0 Å². The summed E-state index contributed by atoms with van der Waals surface area (Å²) >= 11 is 5.83. The van der Waals surface area contributed by atoms with Gasteiger partial charge in [-0.1, -0.05) is 22.8 Å².